The van der Waals surface area contributed by atoms with Crippen LogP contribution in [-0.4, -0.2) is 14.1 Å². The monoisotopic (exact) mass is 203 g/mol. The molecule has 0 amide bonds. The smallest absolute Gasteiger partial charge is 0.0441 e. The lowest BCUT2D eigenvalue weighted by Gasteiger charge is -2.15. The number of hydrogen-bond donors (Lipinski definition) is 1. The average Bonchev–Trinajstić information content (AvgIpc) is 2.16. The Labute approximate surface area is 89.8 Å². The second-order valence-electron chi connectivity index (χ2n) is 3.58. The predicted octanol–water partition coefficient (Wildman–Crippen LogP) is 3.19. The highest BCUT2D eigenvalue weighted by Gasteiger charge is 2.01. The Morgan fingerprint density at radius 1 is 1.07 bits per heavy atom. The van der Waals surface area contributed by atoms with Gasteiger partial charge in [-0.05, 0) is 23.6 Å². The van der Waals surface area contributed by atoms with Crippen LogP contribution in [0.3, 0.4) is 0 Å². The fourth-order valence-corrected chi connectivity index (χ4v) is 1.84. The topological polar surface area (TPSA) is 3.24 Å². The van der Waals surface area contributed by atoms with Gasteiger partial charge >= 0.3 is 0 Å². The number of thiol groups is 1. The first-order valence-electron chi connectivity index (χ1n) is 4.57. The second kappa shape index (κ2) is 3.54. The summed E-state index contributed by atoms with van der Waals surface area (Å²) < 4.78 is 0. The standard InChI is InChI=1S/C12H13NS/c1-13(2)12-5-3-4-9-6-7-10(14)8-11(9)12/h3-8,14H,1-2H3. The number of anilines is 1. The van der Waals surface area contributed by atoms with Gasteiger partial charge in [-0.25, -0.2) is 0 Å². The number of rotatable bonds is 1. The molecule has 2 heteroatoms. The third-order valence-corrected chi connectivity index (χ3v) is 2.60. The van der Waals surface area contributed by atoms with Crippen LogP contribution in [0.5, 0.6) is 0 Å². The Bertz CT molecular complexity index is 463. The van der Waals surface area contributed by atoms with Crippen molar-refractivity contribution in [2.75, 3.05) is 19.0 Å². The maximum absolute atomic E-state index is 4.36. The van der Waals surface area contributed by atoms with Crippen LogP contribution in [0.15, 0.2) is 41.3 Å². The zero-order chi connectivity index (χ0) is 10.1. The van der Waals surface area contributed by atoms with Crippen molar-refractivity contribution in [2.24, 2.45) is 0 Å². The molecule has 2 aromatic carbocycles. The van der Waals surface area contributed by atoms with E-state index >= 15 is 0 Å². The van der Waals surface area contributed by atoms with Gasteiger partial charge in [-0.2, -0.15) is 0 Å². The van der Waals surface area contributed by atoms with E-state index < -0.39 is 0 Å². The molecule has 0 unspecified atom stereocenters. The first-order chi connectivity index (χ1) is 6.68. The van der Waals surface area contributed by atoms with Crippen molar-refractivity contribution in [3.63, 3.8) is 0 Å². The van der Waals surface area contributed by atoms with Gasteiger partial charge in [0.05, 0.1) is 0 Å². The van der Waals surface area contributed by atoms with Crippen molar-refractivity contribution in [3.8, 4) is 0 Å². The summed E-state index contributed by atoms with van der Waals surface area (Å²) >= 11 is 4.36. The van der Waals surface area contributed by atoms with E-state index in [1.54, 1.807) is 0 Å². The zero-order valence-corrected chi connectivity index (χ0v) is 9.25. The van der Waals surface area contributed by atoms with Crippen LogP contribution in [-0.2, 0) is 0 Å². The molecule has 0 N–H and O–H groups in total. The number of fused-ring (bicyclic) bond motifs is 1. The minimum Gasteiger partial charge on any atom is -0.377 e. The van der Waals surface area contributed by atoms with Crippen LogP contribution in [0.4, 0.5) is 5.69 Å². The van der Waals surface area contributed by atoms with Crippen LogP contribution in [0, 0.1) is 0 Å². The molecule has 0 saturated carbocycles. The minimum absolute atomic E-state index is 1.01. The van der Waals surface area contributed by atoms with Gasteiger partial charge in [0.15, 0.2) is 0 Å². The molecule has 1 nitrogen and oxygen atoms in total. The van der Waals surface area contributed by atoms with Gasteiger partial charge in [0.2, 0.25) is 0 Å². The third kappa shape index (κ3) is 1.58. The molecule has 14 heavy (non-hydrogen) atoms. The molecule has 0 fully saturated rings. The average molecular weight is 203 g/mol. The fraction of sp³-hybridized carbons (Fsp3) is 0.167. The lowest BCUT2D eigenvalue weighted by atomic mass is 10.1. The maximum atomic E-state index is 4.36. The Balaban J connectivity index is 2.77. The molecule has 0 bridgehead atoms. The molecule has 0 saturated heterocycles. The maximum Gasteiger partial charge on any atom is 0.0441 e. The lowest BCUT2D eigenvalue weighted by molar-refractivity contribution is 1.14. The van der Waals surface area contributed by atoms with Crippen molar-refractivity contribution in [1.29, 1.82) is 0 Å². The molecule has 0 aliphatic carbocycles. The van der Waals surface area contributed by atoms with E-state index in [-0.39, 0.29) is 0 Å². The zero-order valence-electron chi connectivity index (χ0n) is 8.36. The van der Waals surface area contributed by atoms with Gasteiger partial charge in [-0.15, -0.1) is 12.6 Å². The molecule has 0 aliphatic rings. The van der Waals surface area contributed by atoms with Crippen LogP contribution >= 0.6 is 12.6 Å². The van der Waals surface area contributed by atoms with Crippen molar-refractivity contribution < 1.29 is 0 Å². The molecule has 0 aliphatic heterocycles. The predicted molar refractivity (Wildman–Crippen MR) is 65.5 cm³/mol. The lowest BCUT2D eigenvalue weighted by Crippen LogP contribution is -2.08. The Kier molecular flexibility index (Phi) is 2.38. The summed E-state index contributed by atoms with van der Waals surface area (Å²) in [4.78, 5) is 3.13. The molecule has 72 valence electrons. The van der Waals surface area contributed by atoms with Crippen molar-refractivity contribution >= 4 is 29.1 Å². The van der Waals surface area contributed by atoms with Crippen LogP contribution in [0.2, 0.25) is 0 Å². The van der Waals surface area contributed by atoms with Crippen LogP contribution in [0.1, 0.15) is 0 Å². The summed E-state index contributed by atoms with van der Waals surface area (Å²) in [6, 6.07) is 12.5. The van der Waals surface area contributed by atoms with E-state index in [9.17, 15) is 0 Å². The van der Waals surface area contributed by atoms with E-state index in [0.717, 1.165) is 4.90 Å². The van der Waals surface area contributed by atoms with Crippen molar-refractivity contribution in [2.45, 2.75) is 4.90 Å². The summed E-state index contributed by atoms with van der Waals surface area (Å²) in [6.07, 6.45) is 0. The van der Waals surface area contributed by atoms with E-state index in [4.69, 9.17) is 0 Å². The summed E-state index contributed by atoms with van der Waals surface area (Å²) in [5.74, 6) is 0. The number of nitrogens with zero attached hydrogens (tertiary/aromatic N) is 1. The molecular formula is C12H13NS. The second-order valence-corrected chi connectivity index (χ2v) is 4.09. The van der Waals surface area contributed by atoms with Gasteiger partial charge in [0, 0.05) is 30.1 Å². The quantitative estimate of drug-likeness (QED) is 0.697. The van der Waals surface area contributed by atoms with Gasteiger partial charge in [0.25, 0.3) is 0 Å². The number of hydrogen-bond acceptors (Lipinski definition) is 2. The van der Waals surface area contributed by atoms with Gasteiger partial charge in [-0.3, -0.25) is 0 Å². The van der Waals surface area contributed by atoms with E-state index in [1.165, 1.54) is 16.5 Å². The molecule has 0 radical (unpaired) electrons. The van der Waals surface area contributed by atoms with Gasteiger partial charge in [-0.1, -0.05) is 18.2 Å². The number of benzene rings is 2. The first-order valence-corrected chi connectivity index (χ1v) is 5.02. The van der Waals surface area contributed by atoms with Crippen LogP contribution < -0.4 is 4.90 Å². The van der Waals surface area contributed by atoms with Crippen LogP contribution in [0.25, 0.3) is 10.8 Å². The molecule has 2 aromatic rings. The summed E-state index contributed by atoms with van der Waals surface area (Å²) in [5.41, 5.74) is 1.23. The Morgan fingerprint density at radius 2 is 1.86 bits per heavy atom. The Hall–Kier alpha value is -1.15. The molecule has 0 spiro atoms. The first kappa shape index (κ1) is 9.41. The van der Waals surface area contributed by atoms with Gasteiger partial charge < -0.3 is 4.90 Å². The summed E-state index contributed by atoms with van der Waals surface area (Å²) in [6.45, 7) is 0. The molecule has 0 atom stereocenters. The fourth-order valence-electron chi connectivity index (χ4n) is 1.63. The highest BCUT2D eigenvalue weighted by atomic mass is 32.1. The highest BCUT2D eigenvalue weighted by Crippen LogP contribution is 2.27. The molecule has 0 aromatic heterocycles. The van der Waals surface area contributed by atoms with Crippen molar-refractivity contribution in [1.82, 2.24) is 0 Å². The minimum atomic E-state index is 1.01. The van der Waals surface area contributed by atoms with E-state index in [0.29, 0.717) is 0 Å². The van der Waals surface area contributed by atoms with Gasteiger partial charge in [0.1, 0.15) is 0 Å². The largest absolute Gasteiger partial charge is 0.377 e. The molecular weight excluding hydrogens is 190 g/mol. The Morgan fingerprint density at radius 3 is 2.57 bits per heavy atom. The normalized spacial score (nSPS) is 10.5. The third-order valence-electron chi connectivity index (χ3n) is 2.32. The van der Waals surface area contributed by atoms with E-state index in [2.05, 4.69) is 62.0 Å². The van der Waals surface area contributed by atoms with E-state index in [1.807, 2.05) is 6.07 Å². The SMILES string of the molecule is CN(C)c1cccc2ccc(S)cc12. The highest BCUT2D eigenvalue weighted by molar-refractivity contribution is 7.80. The van der Waals surface area contributed by atoms with Crippen molar-refractivity contribution in [3.05, 3.63) is 36.4 Å². The summed E-state index contributed by atoms with van der Waals surface area (Å²) in [5, 5.41) is 2.51. The summed E-state index contributed by atoms with van der Waals surface area (Å²) in [7, 11) is 4.11. The molecule has 2 rings (SSSR count). The molecule has 0 heterocycles.